The maximum Gasteiger partial charge on any atom is 0.0392 e. The van der Waals surface area contributed by atoms with Gasteiger partial charge < -0.3 is 5.73 Å². The van der Waals surface area contributed by atoms with Crippen molar-refractivity contribution in [3.8, 4) is 0 Å². The molecule has 0 aliphatic heterocycles. The van der Waals surface area contributed by atoms with E-state index in [1.165, 1.54) is 54.7 Å². The molecule has 1 saturated carbocycles. The second-order valence-corrected chi connectivity index (χ2v) is 8.27. The largest absolute Gasteiger partial charge is 0.323 e. The van der Waals surface area contributed by atoms with Crippen LogP contribution >= 0.6 is 11.3 Å². The summed E-state index contributed by atoms with van der Waals surface area (Å²) in [6.45, 7) is 6.83. The molecule has 1 aliphatic carbocycles. The van der Waals surface area contributed by atoms with Gasteiger partial charge in [0.1, 0.15) is 0 Å². The van der Waals surface area contributed by atoms with Crippen molar-refractivity contribution >= 4 is 11.3 Å². The summed E-state index contributed by atoms with van der Waals surface area (Å²) in [6.07, 6.45) is 9.66. The Morgan fingerprint density at radius 3 is 2.32 bits per heavy atom. The van der Waals surface area contributed by atoms with E-state index in [0.29, 0.717) is 0 Å². The van der Waals surface area contributed by atoms with E-state index in [9.17, 15) is 0 Å². The fourth-order valence-electron chi connectivity index (χ4n) is 3.03. The minimum atomic E-state index is 0.254. The van der Waals surface area contributed by atoms with Crippen LogP contribution in [0.3, 0.4) is 0 Å². The number of hydrogen-bond acceptors (Lipinski definition) is 2. The molecule has 2 rings (SSSR count). The highest BCUT2D eigenvalue weighted by molar-refractivity contribution is 7.12. The van der Waals surface area contributed by atoms with Crippen LogP contribution in [0.15, 0.2) is 12.1 Å². The quantitative estimate of drug-likeness (QED) is 0.736. The molecule has 2 heteroatoms. The summed E-state index contributed by atoms with van der Waals surface area (Å²) < 4.78 is 0. The van der Waals surface area contributed by atoms with Gasteiger partial charge in [0.05, 0.1) is 0 Å². The third kappa shape index (κ3) is 4.32. The van der Waals surface area contributed by atoms with E-state index in [-0.39, 0.29) is 11.5 Å². The van der Waals surface area contributed by atoms with E-state index in [1.54, 1.807) is 0 Å². The first kappa shape index (κ1) is 15.1. The van der Waals surface area contributed by atoms with E-state index in [0.717, 1.165) is 5.92 Å². The molecule has 1 aromatic heterocycles. The molecule has 1 fully saturated rings. The first-order valence-corrected chi connectivity index (χ1v) is 8.64. The molecular formula is C17H29NS. The third-order valence-corrected chi connectivity index (χ3v) is 5.94. The zero-order valence-electron chi connectivity index (χ0n) is 12.7. The Balaban J connectivity index is 1.95. The van der Waals surface area contributed by atoms with Gasteiger partial charge in [-0.3, -0.25) is 0 Å². The highest BCUT2D eigenvalue weighted by Gasteiger charge is 2.21. The number of rotatable bonds is 3. The third-order valence-electron chi connectivity index (χ3n) is 4.29. The van der Waals surface area contributed by atoms with Crippen molar-refractivity contribution in [3.05, 3.63) is 21.9 Å². The Hall–Kier alpha value is -0.340. The van der Waals surface area contributed by atoms with Crippen LogP contribution in [0, 0.1) is 5.92 Å². The van der Waals surface area contributed by atoms with Crippen molar-refractivity contribution in [2.75, 3.05) is 0 Å². The monoisotopic (exact) mass is 279 g/mol. The van der Waals surface area contributed by atoms with Gasteiger partial charge in [-0.05, 0) is 29.9 Å². The lowest BCUT2D eigenvalue weighted by molar-refractivity contribution is 0.395. The summed E-state index contributed by atoms with van der Waals surface area (Å²) in [5.74, 6) is 0.859. The molecule has 108 valence electrons. The molecule has 19 heavy (non-hydrogen) atoms. The van der Waals surface area contributed by atoms with E-state index in [2.05, 4.69) is 32.9 Å². The molecule has 0 aromatic carbocycles. The lowest BCUT2D eigenvalue weighted by atomic mass is 9.92. The van der Waals surface area contributed by atoms with Crippen LogP contribution in [0.5, 0.6) is 0 Å². The van der Waals surface area contributed by atoms with Crippen LogP contribution in [0.4, 0.5) is 0 Å². The SMILES string of the molecule is CC(C)(C)c1ccc(C(N)CC2CCCCCC2)s1. The first-order chi connectivity index (χ1) is 8.97. The molecule has 0 bridgehead atoms. The predicted octanol–water partition coefficient (Wildman–Crippen LogP) is 5.41. The van der Waals surface area contributed by atoms with Crippen LogP contribution < -0.4 is 5.73 Å². The fraction of sp³-hybridized carbons (Fsp3) is 0.765. The number of thiophene rings is 1. The summed E-state index contributed by atoms with van der Waals surface area (Å²) in [5.41, 5.74) is 6.70. The number of hydrogen-bond donors (Lipinski definition) is 1. The van der Waals surface area contributed by atoms with Crippen LogP contribution in [-0.4, -0.2) is 0 Å². The average Bonchev–Trinajstić information content (AvgIpc) is 2.70. The van der Waals surface area contributed by atoms with Gasteiger partial charge in [-0.2, -0.15) is 0 Å². The molecule has 1 nitrogen and oxygen atoms in total. The van der Waals surface area contributed by atoms with Crippen molar-refractivity contribution in [2.45, 2.75) is 77.2 Å². The second kappa shape index (κ2) is 6.41. The minimum absolute atomic E-state index is 0.254. The average molecular weight is 279 g/mol. The summed E-state index contributed by atoms with van der Waals surface area (Å²) in [4.78, 5) is 2.84. The van der Waals surface area contributed by atoms with Crippen molar-refractivity contribution < 1.29 is 0 Å². The van der Waals surface area contributed by atoms with Gasteiger partial charge in [0.2, 0.25) is 0 Å². The summed E-state index contributed by atoms with van der Waals surface area (Å²) in [7, 11) is 0. The molecule has 1 aliphatic rings. The Labute approximate surface area is 122 Å². The Morgan fingerprint density at radius 2 is 1.79 bits per heavy atom. The van der Waals surface area contributed by atoms with Crippen molar-refractivity contribution in [1.82, 2.24) is 0 Å². The van der Waals surface area contributed by atoms with Crippen molar-refractivity contribution in [1.29, 1.82) is 0 Å². The van der Waals surface area contributed by atoms with Crippen LogP contribution in [0.25, 0.3) is 0 Å². The molecule has 1 heterocycles. The van der Waals surface area contributed by atoms with E-state index < -0.39 is 0 Å². The minimum Gasteiger partial charge on any atom is -0.323 e. The zero-order valence-corrected chi connectivity index (χ0v) is 13.6. The highest BCUT2D eigenvalue weighted by Crippen LogP contribution is 2.35. The Bertz CT molecular complexity index is 380. The molecule has 1 atom stereocenters. The molecule has 0 saturated heterocycles. The number of nitrogens with two attached hydrogens (primary N) is 1. The highest BCUT2D eigenvalue weighted by atomic mass is 32.1. The molecule has 1 unspecified atom stereocenters. The van der Waals surface area contributed by atoms with Gasteiger partial charge in [-0.25, -0.2) is 0 Å². The lowest BCUT2D eigenvalue weighted by Gasteiger charge is -2.19. The van der Waals surface area contributed by atoms with Crippen LogP contribution in [0.2, 0.25) is 0 Å². The van der Waals surface area contributed by atoms with Crippen molar-refractivity contribution in [2.24, 2.45) is 11.7 Å². The maximum atomic E-state index is 6.44. The predicted molar refractivity (Wildman–Crippen MR) is 85.8 cm³/mol. The molecule has 0 spiro atoms. The van der Waals surface area contributed by atoms with Crippen LogP contribution in [-0.2, 0) is 5.41 Å². The summed E-state index contributed by atoms with van der Waals surface area (Å²) in [5, 5.41) is 0. The molecular weight excluding hydrogens is 250 g/mol. The van der Waals surface area contributed by atoms with Gasteiger partial charge in [-0.1, -0.05) is 59.3 Å². The van der Waals surface area contributed by atoms with Gasteiger partial charge in [-0.15, -0.1) is 11.3 Å². The Morgan fingerprint density at radius 1 is 1.16 bits per heavy atom. The smallest absolute Gasteiger partial charge is 0.0392 e. The maximum absolute atomic E-state index is 6.44. The topological polar surface area (TPSA) is 26.0 Å². The molecule has 0 amide bonds. The van der Waals surface area contributed by atoms with E-state index in [4.69, 9.17) is 5.73 Å². The molecule has 1 aromatic rings. The Kier molecular flexibility index (Phi) is 5.08. The fourth-order valence-corrected chi connectivity index (χ4v) is 4.11. The van der Waals surface area contributed by atoms with Crippen molar-refractivity contribution in [3.63, 3.8) is 0 Å². The lowest BCUT2D eigenvalue weighted by Crippen LogP contribution is -2.14. The standard InChI is InChI=1S/C17H29NS/c1-17(2,3)16-11-10-15(19-16)14(18)12-13-8-6-4-5-7-9-13/h10-11,13-14H,4-9,12,18H2,1-3H3. The van der Waals surface area contributed by atoms with Gasteiger partial charge >= 0.3 is 0 Å². The van der Waals surface area contributed by atoms with Crippen LogP contribution in [0.1, 0.15) is 81.5 Å². The summed E-state index contributed by atoms with van der Waals surface area (Å²) in [6, 6.07) is 4.78. The molecule has 0 radical (unpaired) electrons. The van der Waals surface area contributed by atoms with Gasteiger partial charge in [0.25, 0.3) is 0 Å². The zero-order chi connectivity index (χ0) is 13.9. The normalized spacial score (nSPS) is 20.2. The van der Waals surface area contributed by atoms with Gasteiger partial charge in [0, 0.05) is 15.8 Å². The molecule has 2 N–H and O–H groups in total. The summed E-state index contributed by atoms with van der Waals surface area (Å²) >= 11 is 1.92. The van der Waals surface area contributed by atoms with E-state index >= 15 is 0 Å². The first-order valence-electron chi connectivity index (χ1n) is 7.82. The van der Waals surface area contributed by atoms with Gasteiger partial charge in [0.15, 0.2) is 0 Å². The second-order valence-electron chi connectivity index (χ2n) is 7.15. The van der Waals surface area contributed by atoms with E-state index in [1.807, 2.05) is 11.3 Å².